The molecule has 0 bridgehead atoms. The summed E-state index contributed by atoms with van der Waals surface area (Å²) >= 11 is 0. The third-order valence-electron chi connectivity index (χ3n) is 5.59. The molecule has 0 amide bonds. The van der Waals surface area contributed by atoms with Crippen LogP contribution >= 0.6 is 0 Å². The maximum atomic E-state index is 2.44. The second-order valence-corrected chi connectivity index (χ2v) is 7.32. The molecule has 0 aliphatic rings. The zero-order valence-corrected chi connectivity index (χ0v) is 15.9. The van der Waals surface area contributed by atoms with Crippen LogP contribution in [0.3, 0.4) is 0 Å². The van der Waals surface area contributed by atoms with Crippen molar-refractivity contribution in [3.63, 3.8) is 0 Å². The van der Waals surface area contributed by atoms with Crippen LogP contribution in [0.15, 0.2) is 42.6 Å². The third-order valence-corrected chi connectivity index (χ3v) is 5.59. The molecular weight excluding hydrogens is 304 g/mol. The molecule has 0 saturated heterocycles. The number of benzene rings is 2. The molecule has 0 aliphatic carbocycles. The van der Waals surface area contributed by atoms with E-state index in [1.807, 2.05) is 0 Å². The maximum absolute atomic E-state index is 2.44. The van der Waals surface area contributed by atoms with Gasteiger partial charge in [0.15, 0.2) is 0 Å². The standard InChI is InChI=1S/C23H25N2/c1-14-12-21(24(6)13-17(14)4)25-20-10-8-7-9-19(20)22-16(3)11-15(2)18(5)23(22)25/h7-13H,1-6H3/q+1. The number of aryl methyl sites for hydroxylation is 6. The SMILES string of the molecule is Cc1cc(-n2c3ccccc3c3c(C)cc(C)c(C)c32)[n+](C)cc1C. The molecule has 0 aliphatic heterocycles. The first-order valence-electron chi connectivity index (χ1n) is 8.87. The summed E-state index contributed by atoms with van der Waals surface area (Å²) in [6, 6.07) is 13.4. The normalized spacial score (nSPS) is 11.6. The summed E-state index contributed by atoms with van der Waals surface area (Å²) < 4.78 is 4.68. The molecule has 0 spiro atoms. The number of rotatable bonds is 1. The molecule has 2 aromatic carbocycles. The van der Waals surface area contributed by atoms with Crippen LogP contribution in [0.2, 0.25) is 0 Å². The summed E-state index contributed by atoms with van der Waals surface area (Å²) in [6.45, 7) is 11.0. The average Bonchev–Trinajstić information content (AvgIpc) is 2.92. The maximum Gasteiger partial charge on any atom is 0.286 e. The Balaban J connectivity index is 2.29. The van der Waals surface area contributed by atoms with Gasteiger partial charge in [-0.25, -0.2) is 4.57 Å². The lowest BCUT2D eigenvalue weighted by molar-refractivity contribution is -0.665. The van der Waals surface area contributed by atoms with E-state index >= 15 is 0 Å². The fourth-order valence-corrected chi connectivity index (χ4v) is 4.01. The first-order valence-corrected chi connectivity index (χ1v) is 8.87. The van der Waals surface area contributed by atoms with E-state index in [2.05, 4.69) is 93.4 Å². The van der Waals surface area contributed by atoms with Crippen LogP contribution in [0.25, 0.3) is 27.6 Å². The second-order valence-electron chi connectivity index (χ2n) is 7.32. The number of nitrogens with zero attached hydrogens (tertiary/aromatic N) is 2. The monoisotopic (exact) mass is 329 g/mol. The molecule has 4 aromatic rings. The van der Waals surface area contributed by atoms with Gasteiger partial charge < -0.3 is 0 Å². The molecule has 0 atom stereocenters. The van der Waals surface area contributed by atoms with Crippen molar-refractivity contribution < 1.29 is 4.57 Å². The van der Waals surface area contributed by atoms with Gasteiger partial charge >= 0.3 is 0 Å². The van der Waals surface area contributed by atoms with Gasteiger partial charge in [0.2, 0.25) is 0 Å². The Morgan fingerprint density at radius 2 is 1.52 bits per heavy atom. The summed E-state index contributed by atoms with van der Waals surface area (Å²) in [5, 5.41) is 2.70. The third kappa shape index (κ3) is 2.21. The predicted molar refractivity (Wildman–Crippen MR) is 106 cm³/mol. The number of para-hydroxylation sites is 1. The van der Waals surface area contributed by atoms with E-state index < -0.39 is 0 Å². The van der Waals surface area contributed by atoms with Gasteiger partial charge in [0.1, 0.15) is 11.0 Å². The Kier molecular flexibility index (Phi) is 3.47. The highest BCUT2D eigenvalue weighted by Crippen LogP contribution is 2.36. The molecule has 2 aromatic heterocycles. The van der Waals surface area contributed by atoms with Gasteiger partial charge in [-0.2, -0.15) is 4.57 Å². The van der Waals surface area contributed by atoms with Crippen molar-refractivity contribution in [2.75, 3.05) is 0 Å². The Labute approximate surface area is 149 Å². The number of hydrogen-bond donors (Lipinski definition) is 0. The summed E-state index contributed by atoms with van der Waals surface area (Å²) in [5.41, 5.74) is 9.29. The van der Waals surface area contributed by atoms with Crippen molar-refractivity contribution in [1.29, 1.82) is 0 Å². The van der Waals surface area contributed by atoms with E-state index in [1.165, 1.54) is 55.4 Å². The van der Waals surface area contributed by atoms with Crippen molar-refractivity contribution in [3.8, 4) is 5.82 Å². The van der Waals surface area contributed by atoms with E-state index in [4.69, 9.17) is 0 Å². The molecule has 25 heavy (non-hydrogen) atoms. The Bertz CT molecular complexity index is 1150. The van der Waals surface area contributed by atoms with Crippen LogP contribution in [0.5, 0.6) is 0 Å². The minimum atomic E-state index is 1.21. The molecular formula is C23H25N2+. The van der Waals surface area contributed by atoms with E-state index in [0.717, 1.165) is 0 Å². The molecule has 2 heterocycles. The number of fused-ring (bicyclic) bond motifs is 3. The van der Waals surface area contributed by atoms with Crippen LogP contribution in [0.1, 0.15) is 27.8 Å². The molecule has 2 heteroatoms. The highest BCUT2D eigenvalue weighted by atomic mass is 15.1. The van der Waals surface area contributed by atoms with Gasteiger partial charge in [0.05, 0.1) is 13.2 Å². The smallest absolute Gasteiger partial charge is 0.236 e. The molecule has 2 nitrogen and oxygen atoms in total. The summed E-state index contributed by atoms with van der Waals surface area (Å²) in [5.74, 6) is 1.21. The number of hydrogen-bond acceptors (Lipinski definition) is 0. The predicted octanol–water partition coefficient (Wildman–Crippen LogP) is 5.15. The first kappa shape index (κ1) is 15.9. The lowest BCUT2D eigenvalue weighted by Crippen LogP contribution is -2.34. The fraction of sp³-hybridized carbons (Fsp3) is 0.261. The van der Waals surface area contributed by atoms with Crippen LogP contribution in [0, 0.1) is 34.6 Å². The summed E-state index contributed by atoms with van der Waals surface area (Å²) in [6.07, 6.45) is 2.23. The minimum absolute atomic E-state index is 1.21. The first-order chi connectivity index (χ1) is 11.9. The Hall–Kier alpha value is -2.61. The van der Waals surface area contributed by atoms with Crippen molar-refractivity contribution >= 4 is 21.8 Å². The van der Waals surface area contributed by atoms with Gasteiger partial charge in [0.25, 0.3) is 5.82 Å². The van der Waals surface area contributed by atoms with Crippen LogP contribution in [0.4, 0.5) is 0 Å². The summed E-state index contributed by atoms with van der Waals surface area (Å²) in [4.78, 5) is 0. The zero-order chi connectivity index (χ0) is 17.9. The van der Waals surface area contributed by atoms with Crippen LogP contribution < -0.4 is 4.57 Å². The van der Waals surface area contributed by atoms with Crippen molar-refractivity contribution in [2.24, 2.45) is 7.05 Å². The summed E-state index contributed by atoms with van der Waals surface area (Å²) in [7, 11) is 2.14. The molecule has 126 valence electrons. The molecule has 0 fully saturated rings. The molecule has 0 saturated carbocycles. The van der Waals surface area contributed by atoms with Gasteiger partial charge in [-0.05, 0) is 74.6 Å². The van der Waals surface area contributed by atoms with Crippen molar-refractivity contribution in [2.45, 2.75) is 34.6 Å². The fourth-order valence-electron chi connectivity index (χ4n) is 4.01. The van der Waals surface area contributed by atoms with Crippen LogP contribution in [-0.2, 0) is 7.05 Å². The molecule has 0 radical (unpaired) electrons. The molecule has 0 unspecified atom stereocenters. The highest BCUT2D eigenvalue weighted by molar-refractivity contribution is 6.11. The lowest BCUT2D eigenvalue weighted by atomic mass is 10.00. The highest BCUT2D eigenvalue weighted by Gasteiger charge is 2.24. The largest absolute Gasteiger partial charge is 0.286 e. The quantitative estimate of drug-likeness (QED) is 0.427. The topological polar surface area (TPSA) is 8.81 Å². The van der Waals surface area contributed by atoms with E-state index in [9.17, 15) is 0 Å². The van der Waals surface area contributed by atoms with E-state index in [0.29, 0.717) is 0 Å². The van der Waals surface area contributed by atoms with E-state index in [1.54, 1.807) is 0 Å². The van der Waals surface area contributed by atoms with Crippen LogP contribution in [-0.4, -0.2) is 4.57 Å². The van der Waals surface area contributed by atoms with Gasteiger partial charge in [-0.15, -0.1) is 0 Å². The Morgan fingerprint density at radius 1 is 0.800 bits per heavy atom. The minimum Gasteiger partial charge on any atom is -0.236 e. The lowest BCUT2D eigenvalue weighted by Gasteiger charge is -2.10. The molecule has 0 N–H and O–H groups in total. The van der Waals surface area contributed by atoms with Gasteiger partial charge in [-0.1, -0.05) is 18.2 Å². The molecule has 4 rings (SSSR count). The van der Waals surface area contributed by atoms with Gasteiger partial charge in [0, 0.05) is 16.8 Å². The van der Waals surface area contributed by atoms with Crippen molar-refractivity contribution in [1.82, 2.24) is 4.57 Å². The number of aromatic nitrogens is 2. The van der Waals surface area contributed by atoms with E-state index in [-0.39, 0.29) is 0 Å². The number of pyridine rings is 1. The van der Waals surface area contributed by atoms with Gasteiger partial charge in [-0.3, -0.25) is 0 Å². The Morgan fingerprint density at radius 3 is 2.28 bits per heavy atom. The van der Waals surface area contributed by atoms with Crippen molar-refractivity contribution in [3.05, 3.63) is 70.4 Å². The average molecular weight is 329 g/mol. The zero-order valence-electron chi connectivity index (χ0n) is 15.9. The second kappa shape index (κ2) is 5.45.